The van der Waals surface area contributed by atoms with E-state index in [4.69, 9.17) is 9.47 Å². The molecule has 0 aromatic carbocycles. The summed E-state index contributed by atoms with van der Waals surface area (Å²) in [5, 5.41) is 24.0. The molecule has 190 valence electrons. The molecule has 2 N–H and O–H groups in total. The molecule has 0 aromatic rings. The van der Waals surface area contributed by atoms with Crippen LogP contribution in [-0.2, 0) is 19.1 Å². The molecule has 6 heteroatoms. The third-order valence-corrected chi connectivity index (χ3v) is 11.9. The monoisotopic (exact) mass is 482 g/mol. The Labute approximate surface area is 207 Å². The molecular weight excluding hydrogens is 444 g/mol. The maximum Gasteiger partial charge on any atom is 0.309 e. The van der Waals surface area contributed by atoms with Crippen molar-refractivity contribution >= 4 is 11.9 Å². The van der Waals surface area contributed by atoms with Gasteiger partial charge in [0.1, 0.15) is 12.2 Å². The number of ether oxygens (including phenoxy) is 2. The van der Waals surface area contributed by atoms with Crippen LogP contribution >= 0.6 is 0 Å². The highest BCUT2D eigenvalue weighted by atomic mass is 16.6. The van der Waals surface area contributed by atoms with Gasteiger partial charge in [-0.2, -0.15) is 0 Å². The lowest BCUT2D eigenvalue weighted by atomic mass is 9.58. The van der Waals surface area contributed by atoms with Crippen molar-refractivity contribution in [3.8, 4) is 0 Å². The number of fused-ring (bicyclic) bond motifs is 7. The van der Waals surface area contributed by atoms with E-state index in [-0.39, 0.29) is 71.5 Å². The van der Waals surface area contributed by atoms with Gasteiger partial charge in [-0.1, -0.05) is 24.1 Å². The van der Waals surface area contributed by atoms with Crippen LogP contribution in [0.15, 0.2) is 22.8 Å². The molecule has 7 rings (SSSR count). The Morgan fingerprint density at radius 2 is 1.71 bits per heavy atom. The van der Waals surface area contributed by atoms with E-state index < -0.39 is 16.6 Å². The maximum absolute atomic E-state index is 12.7. The molecule has 0 amide bonds. The molecule has 0 spiro atoms. The predicted molar refractivity (Wildman–Crippen MR) is 127 cm³/mol. The van der Waals surface area contributed by atoms with Gasteiger partial charge in [0, 0.05) is 29.1 Å². The number of carbonyl (C=O) groups excluding carboxylic acids is 2. The minimum atomic E-state index is -0.924. The Morgan fingerprint density at radius 1 is 1.00 bits per heavy atom. The molecule has 2 aliphatic heterocycles. The molecule has 0 radical (unpaired) electrons. The number of esters is 2. The molecule has 7 aliphatic rings. The summed E-state index contributed by atoms with van der Waals surface area (Å²) in [6, 6.07) is 0. The molecule has 0 aromatic heterocycles. The molecule has 2 saturated heterocycles. The lowest BCUT2D eigenvalue weighted by Gasteiger charge is -2.47. The van der Waals surface area contributed by atoms with Crippen molar-refractivity contribution in [2.24, 2.45) is 52.8 Å². The Morgan fingerprint density at radius 3 is 2.46 bits per heavy atom. The largest absolute Gasteiger partial charge is 0.461 e. The van der Waals surface area contributed by atoms with Gasteiger partial charge in [0.2, 0.25) is 0 Å². The van der Waals surface area contributed by atoms with Crippen molar-refractivity contribution in [1.82, 2.24) is 0 Å². The van der Waals surface area contributed by atoms with Crippen molar-refractivity contribution < 1.29 is 29.3 Å². The molecule has 2 bridgehead atoms. The number of hydrogen-bond acceptors (Lipinski definition) is 6. The predicted octanol–water partition coefficient (Wildman–Crippen LogP) is 3.56. The average molecular weight is 483 g/mol. The lowest BCUT2D eigenvalue weighted by Crippen LogP contribution is -2.51. The summed E-state index contributed by atoms with van der Waals surface area (Å²) in [4.78, 5) is 25.3. The zero-order chi connectivity index (χ0) is 24.8. The van der Waals surface area contributed by atoms with Gasteiger partial charge >= 0.3 is 11.9 Å². The third kappa shape index (κ3) is 2.45. The lowest BCUT2D eigenvalue weighted by molar-refractivity contribution is -0.151. The van der Waals surface area contributed by atoms with Crippen LogP contribution in [0.25, 0.3) is 0 Å². The zero-order valence-corrected chi connectivity index (χ0v) is 21.4. The third-order valence-electron chi connectivity index (χ3n) is 11.9. The van der Waals surface area contributed by atoms with Gasteiger partial charge in [-0.15, -0.1) is 0 Å². The van der Waals surface area contributed by atoms with Crippen molar-refractivity contribution in [2.45, 2.75) is 90.1 Å². The van der Waals surface area contributed by atoms with Crippen LogP contribution in [0.5, 0.6) is 0 Å². The summed E-state index contributed by atoms with van der Waals surface area (Å²) < 4.78 is 12.3. The van der Waals surface area contributed by atoms with E-state index in [1.165, 1.54) is 11.1 Å². The number of carbonyl (C=O) groups is 2. The second-order valence-electron chi connectivity index (χ2n) is 13.5. The summed E-state index contributed by atoms with van der Waals surface area (Å²) in [7, 11) is 0. The van der Waals surface area contributed by atoms with E-state index in [0.29, 0.717) is 19.3 Å². The van der Waals surface area contributed by atoms with Crippen LogP contribution in [0.1, 0.15) is 66.7 Å². The first-order valence-corrected chi connectivity index (χ1v) is 13.7. The summed E-state index contributed by atoms with van der Waals surface area (Å²) in [6.45, 7) is 10.2. The maximum atomic E-state index is 12.7. The highest BCUT2D eigenvalue weighted by Crippen LogP contribution is 2.78. The van der Waals surface area contributed by atoms with Crippen molar-refractivity contribution in [3.05, 3.63) is 22.8 Å². The van der Waals surface area contributed by atoms with Crippen LogP contribution in [-0.4, -0.2) is 45.6 Å². The minimum absolute atomic E-state index is 0.0534. The summed E-state index contributed by atoms with van der Waals surface area (Å²) in [5.41, 5.74) is 1.28. The molecule has 3 saturated carbocycles. The summed E-state index contributed by atoms with van der Waals surface area (Å²) in [5.74, 6) is -0.188. The van der Waals surface area contributed by atoms with Crippen LogP contribution in [0.2, 0.25) is 0 Å². The molecule has 6 nitrogen and oxygen atoms in total. The number of aliphatic hydroxyl groups is 2. The Hall–Kier alpha value is -1.66. The number of allylic oxidation sites excluding steroid dienone is 2. The van der Waals surface area contributed by atoms with Crippen molar-refractivity contribution in [1.29, 1.82) is 0 Å². The van der Waals surface area contributed by atoms with Crippen molar-refractivity contribution in [3.63, 3.8) is 0 Å². The van der Waals surface area contributed by atoms with Crippen LogP contribution in [0.3, 0.4) is 0 Å². The van der Waals surface area contributed by atoms with Gasteiger partial charge < -0.3 is 19.7 Å². The van der Waals surface area contributed by atoms with Gasteiger partial charge in [0.25, 0.3) is 0 Å². The quantitative estimate of drug-likeness (QED) is 0.405. The summed E-state index contributed by atoms with van der Waals surface area (Å²) in [6.07, 6.45) is 5.06. The van der Waals surface area contributed by atoms with E-state index >= 15 is 0 Å². The van der Waals surface area contributed by atoms with E-state index in [1.807, 2.05) is 20.8 Å². The van der Waals surface area contributed by atoms with Gasteiger partial charge in [0.15, 0.2) is 0 Å². The number of rotatable bonds is 0. The second kappa shape index (κ2) is 6.61. The van der Waals surface area contributed by atoms with Gasteiger partial charge in [-0.05, 0) is 76.7 Å². The topological polar surface area (TPSA) is 93.1 Å². The standard InChI is InChI=1S/C29H38O6/c1-12-10-17-20-21(29(12)24(17)28(5,33)8-6-15-11-18(30)34-25(15)29)14(3)19-22(20)27(4,32)9-7-16-13(2)26(31)35-23(16)19/h10,13,15-17,20-25,32-33H,6-9,11H2,1-5H3/t13-,15-,16-,17+,20-,21-,22?,23-,24-,25-,27-,28-,29+/m0/s1. The first-order chi connectivity index (χ1) is 16.4. The molecule has 5 aliphatic carbocycles. The van der Waals surface area contributed by atoms with E-state index in [0.717, 1.165) is 18.4 Å². The van der Waals surface area contributed by atoms with Gasteiger partial charge in [-0.3, -0.25) is 9.59 Å². The first kappa shape index (κ1) is 22.5. The molecule has 2 heterocycles. The van der Waals surface area contributed by atoms with Gasteiger partial charge in [-0.25, -0.2) is 0 Å². The fraction of sp³-hybridized carbons (Fsp3) is 0.793. The Balaban J connectivity index is 1.47. The molecule has 35 heavy (non-hydrogen) atoms. The van der Waals surface area contributed by atoms with E-state index in [2.05, 4.69) is 19.9 Å². The van der Waals surface area contributed by atoms with Crippen LogP contribution < -0.4 is 0 Å². The molecule has 13 atom stereocenters. The van der Waals surface area contributed by atoms with Crippen molar-refractivity contribution in [2.75, 3.05) is 0 Å². The van der Waals surface area contributed by atoms with Crippen LogP contribution in [0, 0.1) is 52.8 Å². The molecule has 5 fully saturated rings. The van der Waals surface area contributed by atoms with Crippen LogP contribution in [0.4, 0.5) is 0 Å². The highest BCUT2D eigenvalue weighted by Gasteiger charge is 2.78. The van der Waals surface area contributed by atoms with Gasteiger partial charge in [0.05, 0.1) is 23.5 Å². The Kier molecular flexibility index (Phi) is 4.25. The fourth-order valence-corrected chi connectivity index (χ4v) is 10.8. The zero-order valence-electron chi connectivity index (χ0n) is 21.4. The van der Waals surface area contributed by atoms with E-state index in [9.17, 15) is 19.8 Å². The minimum Gasteiger partial charge on any atom is -0.461 e. The van der Waals surface area contributed by atoms with E-state index in [1.54, 1.807) is 0 Å². The number of hydrogen-bond donors (Lipinski definition) is 2. The SMILES string of the molecule is CC1=C[C@@H]2[C@@H]3C4C(=C(C)[C@@H]3[C@@]13[C@@H]2[C@@](C)(O)CC[C@H]1CC(=O)O[C@@H]13)[C@H]1OC(=O)[C@@H](C)[C@@H]1CC[C@]4(C)O. The second-order valence-corrected chi connectivity index (χ2v) is 13.5. The highest BCUT2D eigenvalue weighted by molar-refractivity contribution is 5.76. The Bertz CT molecular complexity index is 1100. The fourth-order valence-electron chi connectivity index (χ4n) is 10.8. The molecular formula is C29H38O6. The molecule has 1 unspecified atom stereocenters. The summed E-state index contributed by atoms with van der Waals surface area (Å²) >= 11 is 0. The normalized spacial score (nSPS) is 58.0. The average Bonchev–Trinajstić information content (AvgIpc) is 3.49. The first-order valence-electron chi connectivity index (χ1n) is 13.7. The smallest absolute Gasteiger partial charge is 0.309 e.